The van der Waals surface area contributed by atoms with Gasteiger partial charge in [0, 0.05) is 10.6 Å². The fraction of sp³-hybridized carbons (Fsp3) is 0.214. The Morgan fingerprint density at radius 3 is 2.54 bits per heavy atom. The molecule has 2 N–H and O–H groups in total. The molecule has 0 bridgehead atoms. The minimum atomic E-state index is -1.43. The summed E-state index contributed by atoms with van der Waals surface area (Å²) in [5, 5.41) is 22.8. The number of carbonyl (C=O) groups excluding carboxylic acids is 1. The molecule has 0 saturated heterocycles. The van der Waals surface area contributed by atoms with E-state index >= 15 is 0 Å². The summed E-state index contributed by atoms with van der Waals surface area (Å²) >= 11 is 1.70. The maximum absolute atomic E-state index is 13.9. The van der Waals surface area contributed by atoms with Gasteiger partial charge < -0.3 is 14.9 Å². The molecule has 0 unspecified atom stereocenters. The van der Waals surface area contributed by atoms with Gasteiger partial charge in [-0.05, 0) is 41.6 Å². The van der Waals surface area contributed by atoms with Crippen molar-refractivity contribution < 1.29 is 33.3 Å². The number of carboxylic acid groups (broad SMARTS) is 1. The van der Waals surface area contributed by atoms with E-state index in [2.05, 4.69) is 5.10 Å². The molecule has 0 aromatic heterocycles. The van der Waals surface area contributed by atoms with Crippen LogP contribution in [0.4, 0.5) is 13.6 Å². The molecule has 0 saturated carbocycles. The second-order valence-corrected chi connectivity index (χ2v) is 5.53. The van der Waals surface area contributed by atoms with Crippen molar-refractivity contribution >= 4 is 46.6 Å². The number of aliphatic hydroxyl groups excluding tert-OH is 1. The number of halogens is 3. The van der Waals surface area contributed by atoms with Crippen molar-refractivity contribution in [1.82, 2.24) is 5.01 Å². The summed E-state index contributed by atoms with van der Waals surface area (Å²) in [5.41, 5.74) is -1.20. The molecular weight excluding hydrogens is 441 g/mol. The largest absolute Gasteiger partial charge is 0.506 e. The summed E-state index contributed by atoms with van der Waals surface area (Å²) in [6.45, 7) is 1.44. The highest BCUT2D eigenvalue weighted by atomic mass is 127. The molecule has 0 aliphatic carbocycles. The van der Waals surface area contributed by atoms with E-state index in [0.29, 0.717) is 11.2 Å². The Balaban J connectivity index is 3.48. The van der Waals surface area contributed by atoms with Crippen LogP contribution in [0.15, 0.2) is 22.8 Å². The lowest BCUT2D eigenvalue weighted by Crippen LogP contribution is -2.20. The van der Waals surface area contributed by atoms with Crippen LogP contribution in [0.3, 0.4) is 0 Å². The van der Waals surface area contributed by atoms with Gasteiger partial charge in [0.25, 0.3) is 0 Å². The zero-order valence-electron chi connectivity index (χ0n) is 12.6. The number of hydrazone groups is 1. The van der Waals surface area contributed by atoms with Gasteiger partial charge in [0.1, 0.15) is 11.3 Å². The monoisotopic (exact) mass is 454 g/mol. The Morgan fingerprint density at radius 1 is 1.38 bits per heavy atom. The summed E-state index contributed by atoms with van der Waals surface area (Å²) in [6, 6.07) is 2.02. The average Bonchev–Trinajstić information content (AvgIpc) is 2.50. The SMILES string of the molecule is CCOC(=O)C(C=NN(C)C(=O)O)=C(O)c1cc(I)cc(F)c1F. The third-order valence-electron chi connectivity index (χ3n) is 2.64. The molecule has 24 heavy (non-hydrogen) atoms. The first-order valence-corrected chi connectivity index (χ1v) is 7.52. The Hall–Kier alpha value is -2.24. The summed E-state index contributed by atoms with van der Waals surface area (Å²) in [7, 11) is 1.07. The summed E-state index contributed by atoms with van der Waals surface area (Å²) in [6.07, 6.45) is -0.737. The highest BCUT2D eigenvalue weighted by Crippen LogP contribution is 2.24. The molecule has 1 aromatic carbocycles. The van der Waals surface area contributed by atoms with E-state index in [9.17, 15) is 23.5 Å². The number of amides is 1. The van der Waals surface area contributed by atoms with Gasteiger partial charge in [-0.1, -0.05) is 0 Å². The summed E-state index contributed by atoms with van der Waals surface area (Å²) in [5.74, 6) is -4.58. The lowest BCUT2D eigenvalue weighted by molar-refractivity contribution is -0.137. The lowest BCUT2D eigenvalue weighted by Gasteiger charge is -2.10. The van der Waals surface area contributed by atoms with Crippen molar-refractivity contribution in [3.63, 3.8) is 0 Å². The second kappa shape index (κ2) is 8.57. The van der Waals surface area contributed by atoms with Crippen LogP contribution in [-0.4, -0.2) is 47.2 Å². The molecule has 7 nitrogen and oxygen atoms in total. The number of rotatable bonds is 5. The molecule has 1 amide bonds. The lowest BCUT2D eigenvalue weighted by atomic mass is 10.1. The van der Waals surface area contributed by atoms with Crippen LogP contribution < -0.4 is 0 Å². The van der Waals surface area contributed by atoms with Gasteiger partial charge in [-0.25, -0.2) is 23.4 Å². The second-order valence-electron chi connectivity index (χ2n) is 4.28. The average molecular weight is 454 g/mol. The number of aliphatic hydroxyl groups is 1. The number of hydrogen-bond acceptors (Lipinski definition) is 5. The summed E-state index contributed by atoms with van der Waals surface area (Å²) < 4.78 is 32.4. The smallest absolute Gasteiger partial charge is 0.427 e. The Kier molecular flexibility index (Phi) is 7.07. The molecule has 0 heterocycles. The molecule has 1 rings (SSSR count). The standard InChI is InChI=1S/C14H13F2IN2O5/c1-3-24-13(21)9(6-18-19(2)14(22)23)12(20)8-4-7(17)5-10(15)11(8)16/h4-6,20H,3H2,1-2H3,(H,22,23). The van der Waals surface area contributed by atoms with E-state index in [1.165, 1.54) is 6.92 Å². The van der Waals surface area contributed by atoms with Gasteiger partial charge in [-0.3, -0.25) is 0 Å². The van der Waals surface area contributed by atoms with E-state index in [1.807, 2.05) is 0 Å². The van der Waals surface area contributed by atoms with E-state index in [4.69, 9.17) is 9.84 Å². The van der Waals surface area contributed by atoms with Gasteiger partial charge in [0.15, 0.2) is 11.6 Å². The first-order chi connectivity index (χ1) is 11.2. The molecule has 1 aromatic rings. The molecule has 0 radical (unpaired) electrons. The van der Waals surface area contributed by atoms with Crippen LogP contribution in [0.2, 0.25) is 0 Å². The van der Waals surface area contributed by atoms with Crippen molar-refractivity contribution in [2.24, 2.45) is 5.10 Å². The molecule has 130 valence electrons. The predicted molar refractivity (Wildman–Crippen MR) is 89.5 cm³/mol. The Labute approximate surface area is 149 Å². The highest BCUT2D eigenvalue weighted by molar-refractivity contribution is 14.1. The highest BCUT2D eigenvalue weighted by Gasteiger charge is 2.21. The van der Waals surface area contributed by atoms with E-state index in [1.54, 1.807) is 22.6 Å². The Morgan fingerprint density at radius 2 is 2.00 bits per heavy atom. The number of esters is 1. The third kappa shape index (κ3) is 4.88. The number of ether oxygens (including phenoxy) is 1. The molecule has 10 heteroatoms. The number of benzene rings is 1. The van der Waals surface area contributed by atoms with Crippen LogP contribution in [0, 0.1) is 15.2 Å². The van der Waals surface area contributed by atoms with E-state index in [0.717, 1.165) is 19.2 Å². The first-order valence-electron chi connectivity index (χ1n) is 6.44. The van der Waals surface area contributed by atoms with Crippen molar-refractivity contribution in [2.45, 2.75) is 6.92 Å². The molecule has 0 aliphatic rings. The number of hydrogen-bond donors (Lipinski definition) is 2. The predicted octanol–water partition coefficient (Wildman–Crippen LogP) is 3.00. The van der Waals surface area contributed by atoms with Gasteiger partial charge >= 0.3 is 12.1 Å². The van der Waals surface area contributed by atoms with E-state index < -0.39 is 40.6 Å². The molecule has 0 aliphatic heterocycles. The number of nitrogens with zero attached hydrogens (tertiary/aromatic N) is 2. The van der Waals surface area contributed by atoms with Crippen LogP contribution in [0.25, 0.3) is 5.76 Å². The minimum Gasteiger partial charge on any atom is -0.506 e. The third-order valence-corrected chi connectivity index (χ3v) is 3.26. The maximum Gasteiger partial charge on any atom is 0.427 e. The maximum atomic E-state index is 13.9. The van der Waals surface area contributed by atoms with E-state index in [-0.39, 0.29) is 10.2 Å². The summed E-state index contributed by atoms with van der Waals surface area (Å²) in [4.78, 5) is 22.6. The zero-order chi connectivity index (χ0) is 18.4. The van der Waals surface area contributed by atoms with Crippen LogP contribution >= 0.6 is 22.6 Å². The zero-order valence-corrected chi connectivity index (χ0v) is 14.7. The first kappa shape index (κ1) is 19.8. The minimum absolute atomic E-state index is 0.0542. The van der Waals surface area contributed by atoms with Crippen LogP contribution in [0.5, 0.6) is 0 Å². The Bertz CT molecular complexity index is 721. The van der Waals surface area contributed by atoms with Gasteiger partial charge in [-0.15, -0.1) is 0 Å². The normalized spacial score (nSPS) is 12.0. The van der Waals surface area contributed by atoms with Crippen LogP contribution in [0.1, 0.15) is 12.5 Å². The molecule has 0 atom stereocenters. The fourth-order valence-corrected chi connectivity index (χ4v) is 2.07. The molecule has 0 spiro atoms. The van der Waals surface area contributed by atoms with Gasteiger partial charge in [0.2, 0.25) is 0 Å². The van der Waals surface area contributed by atoms with Gasteiger partial charge in [-0.2, -0.15) is 5.10 Å². The van der Waals surface area contributed by atoms with Crippen LogP contribution in [-0.2, 0) is 9.53 Å². The van der Waals surface area contributed by atoms with Crippen molar-refractivity contribution in [3.05, 3.63) is 38.5 Å². The topological polar surface area (TPSA) is 99.4 Å². The number of carbonyl (C=O) groups is 2. The van der Waals surface area contributed by atoms with Crippen molar-refractivity contribution in [2.75, 3.05) is 13.7 Å². The van der Waals surface area contributed by atoms with Crippen molar-refractivity contribution in [1.29, 1.82) is 0 Å². The molecular formula is C14H13F2IN2O5. The fourth-order valence-electron chi connectivity index (χ4n) is 1.49. The van der Waals surface area contributed by atoms with Crippen molar-refractivity contribution in [3.8, 4) is 0 Å². The quantitative estimate of drug-likeness (QED) is 0.136. The molecule has 0 fully saturated rings. The van der Waals surface area contributed by atoms with Gasteiger partial charge in [0.05, 0.1) is 18.4 Å².